The van der Waals surface area contributed by atoms with Crippen LogP contribution in [0.4, 0.5) is 5.69 Å². The minimum Gasteiger partial charge on any atom is -0.508 e. The van der Waals surface area contributed by atoms with Crippen LogP contribution in [0.25, 0.3) is 22.6 Å². The topological polar surface area (TPSA) is 114 Å². The summed E-state index contributed by atoms with van der Waals surface area (Å²) in [6.07, 6.45) is 1.38. The van der Waals surface area contributed by atoms with Crippen molar-refractivity contribution in [2.75, 3.05) is 5.73 Å². The molecular formula is C25H17NO5. The van der Waals surface area contributed by atoms with E-state index in [2.05, 4.69) is 0 Å². The molecule has 1 unspecified atom stereocenters. The summed E-state index contributed by atoms with van der Waals surface area (Å²) in [4.78, 5) is 25.5. The third-order valence-electron chi connectivity index (χ3n) is 5.53. The maximum Gasteiger partial charge on any atom is 0.336 e. The fraction of sp³-hybridized carbons (Fsp3) is 0.0400. The molecule has 6 nitrogen and oxygen atoms in total. The second kappa shape index (κ2) is 6.88. The predicted octanol–water partition coefficient (Wildman–Crippen LogP) is 4.20. The molecule has 3 aromatic carbocycles. The van der Waals surface area contributed by atoms with Crippen LogP contribution in [0.1, 0.15) is 33.9 Å². The van der Waals surface area contributed by atoms with Gasteiger partial charge >= 0.3 is 5.97 Å². The van der Waals surface area contributed by atoms with Crippen LogP contribution in [0.2, 0.25) is 0 Å². The fourth-order valence-corrected chi connectivity index (χ4v) is 4.17. The summed E-state index contributed by atoms with van der Waals surface area (Å²) in [5.41, 5.74) is 8.54. The highest BCUT2D eigenvalue weighted by Gasteiger charge is 2.32. The summed E-state index contributed by atoms with van der Waals surface area (Å²) >= 11 is 0. The number of carboxylic acid groups (broad SMARTS) is 1. The molecule has 6 heteroatoms. The van der Waals surface area contributed by atoms with E-state index >= 15 is 0 Å². The predicted molar refractivity (Wildman–Crippen MR) is 118 cm³/mol. The molecule has 1 aromatic heterocycles. The van der Waals surface area contributed by atoms with Gasteiger partial charge in [0.25, 0.3) is 0 Å². The molecule has 0 spiro atoms. The van der Waals surface area contributed by atoms with Crippen molar-refractivity contribution >= 4 is 34.3 Å². The Morgan fingerprint density at radius 1 is 1.00 bits per heavy atom. The third-order valence-corrected chi connectivity index (χ3v) is 5.53. The molecule has 1 atom stereocenters. The highest BCUT2D eigenvalue weighted by atomic mass is 16.4. The van der Waals surface area contributed by atoms with Crippen LogP contribution < -0.4 is 11.2 Å². The molecule has 4 N–H and O–H groups in total. The number of benzene rings is 3. The second-order valence-corrected chi connectivity index (χ2v) is 7.44. The summed E-state index contributed by atoms with van der Waals surface area (Å²) < 4.78 is 6.18. The summed E-state index contributed by atoms with van der Waals surface area (Å²) in [7, 11) is 0. The van der Waals surface area contributed by atoms with Gasteiger partial charge in [0.05, 0.1) is 22.4 Å². The quantitative estimate of drug-likeness (QED) is 0.426. The van der Waals surface area contributed by atoms with Crippen LogP contribution in [0.3, 0.4) is 0 Å². The average Bonchev–Trinajstić information content (AvgIpc) is 2.88. The minimum absolute atomic E-state index is 0.00804. The number of phenols is 1. The molecule has 0 aliphatic heterocycles. The summed E-state index contributed by atoms with van der Waals surface area (Å²) in [6, 6.07) is 18.6. The number of hydrogen-bond acceptors (Lipinski definition) is 5. The number of fused-ring (bicyclic) bond motifs is 3. The van der Waals surface area contributed by atoms with Gasteiger partial charge in [-0.05, 0) is 47.0 Å². The van der Waals surface area contributed by atoms with E-state index < -0.39 is 11.9 Å². The lowest BCUT2D eigenvalue weighted by atomic mass is 9.85. The standard InChI is InChI=1S/C25H17NO5/c26-14-5-3-4-13(10-14)22-17-7-2-1-6-16(17)19(25(29)30)12-20-23(28)18-9-8-15(27)11-21(18)31-24(20)22/h1-12,22,27H,26H2,(H,29,30). The van der Waals surface area contributed by atoms with Gasteiger partial charge in [0.2, 0.25) is 0 Å². The lowest BCUT2D eigenvalue weighted by Gasteiger charge is -2.20. The number of hydrogen-bond donors (Lipinski definition) is 3. The molecule has 0 saturated heterocycles. The van der Waals surface area contributed by atoms with E-state index in [1.54, 1.807) is 30.3 Å². The molecular weight excluding hydrogens is 394 g/mol. The molecule has 1 heterocycles. The zero-order valence-electron chi connectivity index (χ0n) is 16.2. The number of carboxylic acids is 1. The smallest absolute Gasteiger partial charge is 0.336 e. The number of nitrogens with two attached hydrogens (primary N) is 1. The molecule has 0 radical (unpaired) electrons. The first-order valence-electron chi connectivity index (χ1n) is 9.63. The van der Waals surface area contributed by atoms with Gasteiger partial charge < -0.3 is 20.4 Å². The Morgan fingerprint density at radius 3 is 2.58 bits per heavy atom. The van der Waals surface area contributed by atoms with E-state index in [0.29, 0.717) is 22.6 Å². The van der Waals surface area contributed by atoms with E-state index in [-0.39, 0.29) is 33.3 Å². The lowest BCUT2D eigenvalue weighted by Crippen LogP contribution is -2.13. The van der Waals surface area contributed by atoms with Gasteiger partial charge in [0.1, 0.15) is 17.1 Å². The Bertz CT molecular complexity index is 1460. The van der Waals surface area contributed by atoms with Gasteiger partial charge in [-0.1, -0.05) is 36.4 Å². The largest absolute Gasteiger partial charge is 0.508 e. The zero-order chi connectivity index (χ0) is 21.7. The van der Waals surface area contributed by atoms with Crippen molar-refractivity contribution in [1.82, 2.24) is 0 Å². The van der Waals surface area contributed by atoms with Crippen LogP contribution in [0.5, 0.6) is 5.75 Å². The van der Waals surface area contributed by atoms with E-state index in [1.165, 1.54) is 24.3 Å². The van der Waals surface area contributed by atoms with Gasteiger partial charge in [0, 0.05) is 11.8 Å². The van der Waals surface area contributed by atoms with E-state index in [4.69, 9.17) is 10.2 Å². The Morgan fingerprint density at radius 2 is 1.81 bits per heavy atom. The molecule has 0 bridgehead atoms. The number of carbonyl (C=O) groups is 1. The maximum absolute atomic E-state index is 13.4. The van der Waals surface area contributed by atoms with E-state index in [1.807, 2.05) is 18.2 Å². The number of nitrogen functional groups attached to an aromatic ring is 1. The molecule has 5 rings (SSSR count). The molecule has 152 valence electrons. The van der Waals surface area contributed by atoms with Crippen LogP contribution >= 0.6 is 0 Å². The highest BCUT2D eigenvalue weighted by Crippen LogP contribution is 2.42. The van der Waals surface area contributed by atoms with E-state index in [9.17, 15) is 19.8 Å². The molecule has 4 aromatic rings. The Labute approximate surface area is 176 Å². The average molecular weight is 411 g/mol. The minimum atomic E-state index is -1.14. The summed E-state index contributed by atoms with van der Waals surface area (Å²) in [5, 5.41) is 20.1. The lowest BCUT2D eigenvalue weighted by molar-refractivity contribution is -0.130. The highest BCUT2D eigenvalue weighted by molar-refractivity contribution is 6.21. The van der Waals surface area contributed by atoms with Crippen LogP contribution in [-0.2, 0) is 4.79 Å². The van der Waals surface area contributed by atoms with Crippen LogP contribution in [0.15, 0.2) is 75.9 Å². The van der Waals surface area contributed by atoms with Gasteiger partial charge in [-0.2, -0.15) is 0 Å². The van der Waals surface area contributed by atoms with Gasteiger partial charge in [-0.3, -0.25) is 4.79 Å². The molecule has 31 heavy (non-hydrogen) atoms. The SMILES string of the molecule is Nc1cccc(C2c3ccccc3C(C(=O)O)=Cc3c2oc2cc(O)ccc2c3=O)c1. The number of anilines is 1. The number of rotatable bonds is 2. The monoisotopic (exact) mass is 411 g/mol. The van der Waals surface area contributed by atoms with Crippen LogP contribution in [-0.4, -0.2) is 16.2 Å². The number of aromatic hydroxyl groups is 1. The first kappa shape index (κ1) is 18.7. The molecule has 1 aliphatic rings. The second-order valence-electron chi connectivity index (χ2n) is 7.44. The van der Waals surface area contributed by atoms with Gasteiger partial charge in [-0.25, -0.2) is 4.79 Å². The van der Waals surface area contributed by atoms with Crippen molar-refractivity contribution < 1.29 is 19.4 Å². The maximum atomic E-state index is 13.4. The fourth-order valence-electron chi connectivity index (χ4n) is 4.17. The van der Waals surface area contributed by atoms with Crippen molar-refractivity contribution in [3.63, 3.8) is 0 Å². The number of aliphatic carboxylic acids is 1. The Kier molecular flexibility index (Phi) is 4.15. The van der Waals surface area contributed by atoms with Crippen molar-refractivity contribution in [2.45, 2.75) is 5.92 Å². The molecule has 1 aliphatic carbocycles. The zero-order valence-corrected chi connectivity index (χ0v) is 16.2. The molecule has 0 amide bonds. The Balaban J connectivity index is 1.96. The normalized spacial score (nSPS) is 15.0. The number of phenolic OH excluding ortho intramolecular Hbond substituents is 1. The summed E-state index contributed by atoms with van der Waals surface area (Å²) in [5.74, 6) is -1.44. The van der Waals surface area contributed by atoms with Gasteiger partial charge in [-0.15, -0.1) is 0 Å². The van der Waals surface area contributed by atoms with Gasteiger partial charge in [0.15, 0.2) is 5.43 Å². The molecule has 0 fully saturated rings. The van der Waals surface area contributed by atoms with Crippen molar-refractivity contribution in [3.05, 3.63) is 105 Å². The molecule has 0 saturated carbocycles. The van der Waals surface area contributed by atoms with Crippen molar-refractivity contribution in [3.8, 4) is 5.75 Å². The summed E-state index contributed by atoms with van der Waals surface area (Å²) in [6.45, 7) is 0. The Hall–Kier alpha value is -4.32. The first-order chi connectivity index (χ1) is 14.9. The van der Waals surface area contributed by atoms with E-state index in [0.717, 1.165) is 5.56 Å². The van der Waals surface area contributed by atoms with Crippen molar-refractivity contribution in [2.24, 2.45) is 0 Å². The van der Waals surface area contributed by atoms with Crippen LogP contribution in [0, 0.1) is 0 Å². The third kappa shape index (κ3) is 2.97. The first-order valence-corrected chi connectivity index (χ1v) is 9.63. The van der Waals surface area contributed by atoms with Crippen molar-refractivity contribution in [1.29, 1.82) is 0 Å².